The predicted molar refractivity (Wildman–Crippen MR) is 100 cm³/mol. The molecule has 0 aliphatic rings. The third-order valence-electron chi connectivity index (χ3n) is 3.69. The zero-order valence-corrected chi connectivity index (χ0v) is 17.2. The molecule has 9 heteroatoms. The molecule has 152 valence electrons. The van der Waals surface area contributed by atoms with Crippen molar-refractivity contribution in [3.8, 4) is 5.75 Å². The highest BCUT2D eigenvalue weighted by Crippen LogP contribution is 2.46. The quantitative estimate of drug-likeness (QED) is 0.430. The lowest BCUT2D eigenvalue weighted by molar-refractivity contribution is -0.144. The average Bonchev–Trinajstić information content (AvgIpc) is 2.60. The second-order valence-corrected chi connectivity index (χ2v) is 8.47. The van der Waals surface area contributed by atoms with Gasteiger partial charge in [-0.05, 0) is 32.9 Å². The molecule has 1 aromatic carbocycles. The minimum atomic E-state index is -4.01. The summed E-state index contributed by atoms with van der Waals surface area (Å²) in [6, 6.07) is 7.36. The Bertz CT molecular complexity index is 678. The van der Waals surface area contributed by atoms with Crippen LogP contribution in [0.2, 0.25) is 0 Å². The van der Waals surface area contributed by atoms with Crippen LogP contribution in [-0.4, -0.2) is 42.2 Å². The highest BCUT2D eigenvalue weighted by molar-refractivity contribution is 7.52. The minimum absolute atomic E-state index is 0.174. The maximum atomic E-state index is 13.2. The lowest BCUT2D eigenvalue weighted by atomic mass is 9.86. The van der Waals surface area contributed by atoms with Crippen molar-refractivity contribution in [3.05, 3.63) is 30.3 Å². The number of nitrogens with one attached hydrogen (secondary N) is 1. The van der Waals surface area contributed by atoms with Gasteiger partial charge in [0.25, 0.3) is 0 Å². The molecular formula is C18H28NO7P. The Balaban J connectivity index is 2.98. The Morgan fingerprint density at radius 3 is 2.37 bits per heavy atom. The van der Waals surface area contributed by atoms with E-state index in [9.17, 15) is 19.3 Å². The number of hydrogen-bond donors (Lipinski definition) is 2. The molecule has 0 bridgehead atoms. The van der Waals surface area contributed by atoms with E-state index in [2.05, 4.69) is 5.09 Å². The van der Waals surface area contributed by atoms with Crippen LogP contribution < -0.4 is 9.61 Å². The summed E-state index contributed by atoms with van der Waals surface area (Å²) in [5, 5.41) is 12.6. The summed E-state index contributed by atoms with van der Waals surface area (Å²) in [5.41, 5.74) is -1.02. The average molecular weight is 401 g/mol. The van der Waals surface area contributed by atoms with Gasteiger partial charge in [0.2, 0.25) is 0 Å². The Morgan fingerprint density at radius 2 is 1.85 bits per heavy atom. The highest BCUT2D eigenvalue weighted by atomic mass is 31.2. The normalized spacial score (nSPS) is 16.1. The van der Waals surface area contributed by atoms with Gasteiger partial charge in [0, 0.05) is 5.41 Å². The summed E-state index contributed by atoms with van der Waals surface area (Å²) in [5.74, 6) is -0.773. The fraction of sp³-hybridized carbons (Fsp3) is 0.556. The van der Waals surface area contributed by atoms with Crippen LogP contribution in [0.3, 0.4) is 0 Å². The zero-order chi connectivity index (χ0) is 20.7. The van der Waals surface area contributed by atoms with Crippen molar-refractivity contribution in [2.24, 2.45) is 5.41 Å². The third-order valence-corrected chi connectivity index (χ3v) is 5.32. The lowest BCUT2D eigenvalue weighted by Gasteiger charge is -2.31. The van der Waals surface area contributed by atoms with Crippen LogP contribution in [0.1, 0.15) is 34.6 Å². The number of Topliss-reactive ketones (excluding diaryl/α,β-unsaturated/α-hetero) is 1. The van der Waals surface area contributed by atoms with Crippen LogP contribution >= 0.6 is 7.75 Å². The topological polar surface area (TPSA) is 111 Å². The first-order valence-electron chi connectivity index (χ1n) is 8.63. The number of esters is 1. The van der Waals surface area contributed by atoms with Crippen molar-refractivity contribution in [2.75, 3.05) is 13.2 Å². The molecule has 2 N–H and O–H groups in total. The van der Waals surface area contributed by atoms with E-state index in [0.717, 1.165) is 0 Å². The summed E-state index contributed by atoms with van der Waals surface area (Å²) < 4.78 is 29.1. The maximum absolute atomic E-state index is 13.2. The molecule has 0 amide bonds. The first kappa shape index (κ1) is 23.3. The van der Waals surface area contributed by atoms with Crippen molar-refractivity contribution >= 4 is 19.5 Å². The summed E-state index contributed by atoms with van der Waals surface area (Å²) >= 11 is 0. The van der Waals surface area contributed by atoms with Gasteiger partial charge in [-0.25, -0.2) is 4.57 Å². The molecule has 0 aliphatic heterocycles. The molecule has 27 heavy (non-hydrogen) atoms. The van der Waals surface area contributed by atoms with Gasteiger partial charge < -0.3 is 14.4 Å². The van der Waals surface area contributed by atoms with Gasteiger partial charge in [-0.3, -0.25) is 14.1 Å². The minimum Gasteiger partial charge on any atom is -0.465 e. The molecule has 0 saturated carbocycles. The van der Waals surface area contributed by atoms with Crippen molar-refractivity contribution in [2.45, 2.75) is 46.8 Å². The Kier molecular flexibility index (Phi) is 8.62. The standard InChI is InChI=1S/C18H28NO7P/c1-6-24-17(22)13(2)19-27(23,26-15-10-8-7-9-11-15)25-12-18(4,5)16(21)14(3)20/h7-11,13,16,21H,6,12H2,1-5H3,(H,19,23)/t13-,16-,27?/m0/s1. The van der Waals surface area contributed by atoms with Gasteiger partial charge in [0.15, 0.2) is 5.78 Å². The number of aliphatic hydroxyl groups excluding tert-OH is 1. The number of ketones is 1. The number of para-hydroxylation sites is 1. The number of carbonyl (C=O) groups excluding carboxylic acids is 2. The zero-order valence-electron chi connectivity index (χ0n) is 16.3. The number of aliphatic hydroxyl groups is 1. The van der Waals surface area contributed by atoms with Crippen LogP contribution in [0.25, 0.3) is 0 Å². The van der Waals surface area contributed by atoms with E-state index >= 15 is 0 Å². The van der Waals surface area contributed by atoms with Crippen LogP contribution in [0.5, 0.6) is 5.75 Å². The molecule has 1 unspecified atom stereocenters. The van der Waals surface area contributed by atoms with E-state index in [0.29, 0.717) is 0 Å². The molecule has 3 atom stereocenters. The second kappa shape index (κ2) is 9.99. The molecule has 0 saturated heterocycles. The van der Waals surface area contributed by atoms with E-state index in [4.69, 9.17) is 13.8 Å². The molecule has 8 nitrogen and oxygen atoms in total. The third kappa shape index (κ3) is 7.42. The first-order chi connectivity index (χ1) is 12.5. The van der Waals surface area contributed by atoms with E-state index in [1.165, 1.54) is 13.8 Å². The Morgan fingerprint density at radius 1 is 1.26 bits per heavy atom. The smallest absolute Gasteiger partial charge is 0.459 e. The van der Waals surface area contributed by atoms with Crippen LogP contribution in [0.15, 0.2) is 30.3 Å². The van der Waals surface area contributed by atoms with Gasteiger partial charge in [-0.15, -0.1) is 0 Å². The van der Waals surface area contributed by atoms with E-state index < -0.39 is 37.1 Å². The first-order valence-corrected chi connectivity index (χ1v) is 10.2. The van der Waals surface area contributed by atoms with Crippen molar-refractivity contribution in [1.82, 2.24) is 5.09 Å². The van der Waals surface area contributed by atoms with Gasteiger partial charge in [-0.2, -0.15) is 5.09 Å². The molecule has 0 fully saturated rings. The van der Waals surface area contributed by atoms with Gasteiger partial charge in [-0.1, -0.05) is 32.0 Å². The molecular weight excluding hydrogens is 373 g/mol. The van der Waals surface area contributed by atoms with Crippen molar-refractivity contribution in [3.63, 3.8) is 0 Å². The van der Waals surface area contributed by atoms with E-state index in [1.807, 2.05) is 0 Å². The van der Waals surface area contributed by atoms with Gasteiger partial charge >= 0.3 is 13.7 Å². The van der Waals surface area contributed by atoms with Crippen LogP contribution in [0.4, 0.5) is 0 Å². The number of hydrogen-bond acceptors (Lipinski definition) is 7. The molecule has 0 radical (unpaired) electrons. The predicted octanol–water partition coefficient (Wildman–Crippen LogP) is 2.71. The van der Waals surface area contributed by atoms with Crippen LogP contribution in [-0.2, 0) is 23.4 Å². The number of carbonyl (C=O) groups is 2. The Hall–Kier alpha value is -1.73. The second-order valence-electron chi connectivity index (χ2n) is 6.78. The van der Waals surface area contributed by atoms with E-state index in [1.54, 1.807) is 51.1 Å². The maximum Gasteiger partial charge on any atom is 0.459 e. The lowest BCUT2D eigenvalue weighted by Crippen LogP contribution is -2.40. The fourth-order valence-electron chi connectivity index (χ4n) is 2.15. The SMILES string of the molecule is CCOC(=O)[C@H](C)NP(=O)(OCC(C)(C)[C@@H](O)C(C)=O)Oc1ccccc1. The summed E-state index contributed by atoms with van der Waals surface area (Å²) in [4.78, 5) is 23.3. The summed E-state index contributed by atoms with van der Waals surface area (Å²) in [6.45, 7) is 7.51. The summed E-state index contributed by atoms with van der Waals surface area (Å²) in [6.07, 6.45) is -1.30. The number of ether oxygens (including phenoxy) is 1. The molecule has 0 heterocycles. The van der Waals surface area contributed by atoms with Gasteiger partial charge in [0.05, 0.1) is 13.2 Å². The Labute approximate surface area is 159 Å². The van der Waals surface area contributed by atoms with Crippen molar-refractivity contribution in [1.29, 1.82) is 0 Å². The molecule has 1 aromatic rings. The molecule has 1 rings (SSSR count). The molecule has 0 spiro atoms. The number of rotatable bonds is 11. The fourth-order valence-corrected chi connectivity index (χ4v) is 3.81. The highest BCUT2D eigenvalue weighted by Gasteiger charge is 2.38. The monoisotopic (exact) mass is 401 g/mol. The van der Waals surface area contributed by atoms with Crippen LogP contribution in [0, 0.1) is 5.41 Å². The van der Waals surface area contributed by atoms with Gasteiger partial charge in [0.1, 0.15) is 17.9 Å². The van der Waals surface area contributed by atoms with Crippen molar-refractivity contribution < 1.29 is 33.0 Å². The number of benzene rings is 1. The molecule has 0 aromatic heterocycles. The molecule has 0 aliphatic carbocycles. The van der Waals surface area contributed by atoms with E-state index in [-0.39, 0.29) is 19.0 Å². The summed E-state index contributed by atoms with van der Waals surface area (Å²) in [7, 11) is -4.01. The largest absolute Gasteiger partial charge is 0.465 e.